The first-order valence-electron chi connectivity index (χ1n) is 13.0. The van der Waals surface area contributed by atoms with Crippen molar-refractivity contribution in [1.29, 1.82) is 0 Å². The Morgan fingerprint density at radius 3 is 2.36 bits per heavy atom. The fourth-order valence-electron chi connectivity index (χ4n) is 4.41. The lowest BCUT2D eigenvalue weighted by Crippen LogP contribution is -2.52. The van der Waals surface area contributed by atoms with Crippen LogP contribution < -0.4 is 10.1 Å². The molecule has 0 unspecified atom stereocenters. The van der Waals surface area contributed by atoms with E-state index < -0.39 is 21.5 Å². The van der Waals surface area contributed by atoms with Gasteiger partial charge in [-0.3, -0.25) is 4.79 Å². The maximum absolute atomic E-state index is 13.7. The number of amides is 1. The molecule has 0 saturated carbocycles. The molecule has 39 heavy (non-hydrogen) atoms. The molecule has 1 heterocycles. The molecule has 0 spiro atoms. The molecule has 2 atom stereocenters. The number of nitrogens with one attached hydrogen (secondary N) is 1. The Hall–Kier alpha value is -3.69. The minimum absolute atomic E-state index is 0.0333. The molecule has 206 valence electrons. The van der Waals surface area contributed by atoms with Gasteiger partial charge in [0.05, 0.1) is 17.3 Å². The van der Waals surface area contributed by atoms with Crippen molar-refractivity contribution >= 4 is 21.6 Å². The van der Waals surface area contributed by atoms with Crippen molar-refractivity contribution in [3.05, 3.63) is 96.1 Å². The van der Waals surface area contributed by atoms with E-state index >= 15 is 0 Å². The zero-order valence-electron chi connectivity index (χ0n) is 22.0. The summed E-state index contributed by atoms with van der Waals surface area (Å²) in [6.07, 6.45) is 0.446. The molecule has 0 aliphatic carbocycles. The van der Waals surface area contributed by atoms with Crippen LogP contribution in [0.3, 0.4) is 0 Å². The SMILES string of the molecule is C[C@H]1OC(c2ccc(OCCCO)cc2)=N[C@@]1(CCS(=O)(=O)c1ccccc1)C(=O)NCCc1ccccc1. The van der Waals surface area contributed by atoms with Gasteiger partial charge in [0, 0.05) is 25.1 Å². The van der Waals surface area contributed by atoms with Crippen molar-refractivity contribution in [2.75, 3.05) is 25.5 Å². The third kappa shape index (κ3) is 7.04. The number of aliphatic imine (C=N–C) groups is 1. The van der Waals surface area contributed by atoms with Gasteiger partial charge in [-0.2, -0.15) is 0 Å². The van der Waals surface area contributed by atoms with Crippen molar-refractivity contribution < 1.29 is 27.8 Å². The van der Waals surface area contributed by atoms with E-state index in [2.05, 4.69) is 5.32 Å². The Kier molecular flexibility index (Phi) is 9.37. The molecule has 3 aromatic carbocycles. The average Bonchev–Trinajstić information content (AvgIpc) is 3.30. The molecule has 1 aliphatic rings. The summed E-state index contributed by atoms with van der Waals surface area (Å²) in [6.45, 7) is 2.57. The van der Waals surface area contributed by atoms with Gasteiger partial charge in [-0.15, -0.1) is 0 Å². The van der Waals surface area contributed by atoms with Crippen LogP contribution in [0, 0.1) is 0 Å². The molecule has 3 aromatic rings. The van der Waals surface area contributed by atoms with Crippen LogP contribution in [0.1, 0.15) is 30.9 Å². The molecule has 0 radical (unpaired) electrons. The molecule has 2 N–H and O–H groups in total. The summed E-state index contributed by atoms with van der Waals surface area (Å²) in [4.78, 5) is 18.6. The van der Waals surface area contributed by atoms with Crippen LogP contribution in [0.25, 0.3) is 0 Å². The molecule has 9 heteroatoms. The normalized spacial score (nSPS) is 18.7. The van der Waals surface area contributed by atoms with Crippen molar-refractivity contribution in [2.24, 2.45) is 4.99 Å². The van der Waals surface area contributed by atoms with Crippen LogP contribution in [-0.2, 0) is 25.8 Å². The number of carbonyl (C=O) groups is 1. The van der Waals surface area contributed by atoms with E-state index in [4.69, 9.17) is 19.6 Å². The lowest BCUT2D eigenvalue weighted by Gasteiger charge is -2.28. The van der Waals surface area contributed by atoms with Gasteiger partial charge in [-0.25, -0.2) is 13.4 Å². The second kappa shape index (κ2) is 12.9. The van der Waals surface area contributed by atoms with E-state index in [1.54, 1.807) is 61.5 Å². The summed E-state index contributed by atoms with van der Waals surface area (Å²) in [5.41, 5.74) is 0.324. The lowest BCUT2D eigenvalue weighted by atomic mass is 9.90. The third-order valence-corrected chi connectivity index (χ3v) is 8.46. The predicted octanol–water partition coefficient (Wildman–Crippen LogP) is 3.57. The molecular formula is C30H34N2O6S. The van der Waals surface area contributed by atoms with Gasteiger partial charge in [0.2, 0.25) is 5.90 Å². The Balaban J connectivity index is 1.56. The van der Waals surface area contributed by atoms with Crippen molar-refractivity contribution in [3.8, 4) is 5.75 Å². The first-order valence-corrected chi connectivity index (χ1v) is 14.7. The molecule has 1 amide bonds. The van der Waals surface area contributed by atoms with Gasteiger partial charge in [0.15, 0.2) is 15.4 Å². The van der Waals surface area contributed by atoms with Crippen molar-refractivity contribution in [3.63, 3.8) is 0 Å². The fourth-order valence-corrected chi connectivity index (χ4v) is 5.79. The summed E-state index contributed by atoms with van der Waals surface area (Å²) < 4.78 is 37.9. The quantitative estimate of drug-likeness (QED) is 0.315. The van der Waals surface area contributed by atoms with Gasteiger partial charge in [-0.05, 0) is 61.7 Å². The van der Waals surface area contributed by atoms with Gasteiger partial charge >= 0.3 is 0 Å². The van der Waals surface area contributed by atoms with Gasteiger partial charge < -0.3 is 19.9 Å². The molecule has 8 nitrogen and oxygen atoms in total. The van der Waals surface area contributed by atoms with E-state index in [9.17, 15) is 13.2 Å². The second-order valence-corrected chi connectivity index (χ2v) is 11.5. The van der Waals surface area contributed by atoms with E-state index in [-0.39, 0.29) is 35.5 Å². The van der Waals surface area contributed by atoms with Crippen LogP contribution in [-0.4, -0.2) is 62.5 Å². The minimum Gasteiger partial charge on any atom is -0.494 e. The summed E-state index contributed by atoms with van der Waals surface area (Å²) in [7, 11) is -3.64. The van der Waals surface area contributed by atoms with Gasteiger partial charge in [0.1, 0.15) is 11.9 Å². The summed E-state index contributed by atoms with van der Waals surface area (Å²) in [6, 6.07) is 25.1. The summed E-state index contributed by atoms with van der Waals surface area (Å²) >= 11 is 0. The molecule has 0 aromatic heterocycles. The first-order chi connectivity index (χ1) is 18.8. The standard InChI is InChI=1S/C30H34N2O6S/c1-23-30(18-22-39(35,36)27-11-6-3-7-12-27,29(34)31-19-17-24-9-4-2-5-10-24)32-28(38-23)25-13-15-26(16-14-25)37-21-8-20-33/h2-7,9-16,23,33H,8,17-22H2,1H3,(H,31,34)/t23-,30-/m1/s1. The highest BCUT2D eigenvalue weighted by molar-refractivity contribution is 7.91. The van der Waals surface area contributed by atoms with Gasteiger partial charge in [0.25, 0.3) is 5.91 Å². The number of rotatable bonds is 13. The van der Waals surface area contributed by atoms with Crippen molar-refractivity contribution in [1.82, 2.24) is 5.32 Å². The zero-order valence-corrected chi connectivity index (χ0v) is 22.8. The number of benzene rings is 3. The van der Waals surface area contributed by atoms with Crippen molar-refractivity contribution in [2.45, 2.75) is 42.7 Å². The number of nitrogens with zero attached hydrogens (tertiary/aromatic N) is 1. The number of hydrogen-bond acceptors (Lipinski definition) is 7. The second-order valence-electron chi connectivity index (χ2n) is 9.42. The highest BCUT2D eigenvalue weighted by Crippen LogP contribution is 2.33. The van der Waals surface area contributed by atoms with E-state index in [1.807, 2.05) is 30.3 Å². The number of hydrogen-bond donors (Lipinski definition) is 2. The Labute approximate surface area is 229 Å². The summed E-state index contributed by atoms with van der Waals surface area (Å²) in [5.74, 6) is 0.288. The lowest BCUT2D eigenvalue weighted by molar-refractivity contribution is -0.128. The van der Waals surface area contributed by atoms with Crippen LogP contribution in [0.4, 0.5) is 0 Å². The molecule has 0 fully saturated rings. The smallest absolute Gasteiger partial charge is 0.251 e. The van der Waals surface area contributed by atoms with Crippen LogP contribution in [0.5, 0.6) is 5.75 Å². The predicted molar refractivity (Wildman–Crippen MR) is 150 cm³/mol. The van der Waals surface area contributed by atoms with E-state index in [1.165, 1.54) is 0 Å². The number of carbonyl (C=O) groups excluding carboxylic acids is 1. The Bertz CT molecular complexity index is 1360. The van der Waals surface area contributed by atoms with Crippen LogP contribution in [0.2, 0.25) is 0 Å². The average molecular weight is 551 g/mol. The largest absolute Gasteiger partial charge is 0.494 e. The fraction of sp³-hybridized carbons (Fsp3) is 0.333. The highest BCUT2D eigenvalue weighted by atomic mass is 32.2. The molecule has 0 bridgehead atoms. The Morgan fingerprint density at radius 2 is 1.69 bits per heavy atom. The number of aliphatic hydroxyl groups is 1. The number of aliphatic hydroxyl groups excluding tert-OH is 1. The maximum Gasteiger partial charge on any atom is 0.251 e. The van der Waals surface area contributed by atoms with E-state index in [0.29, 0.717) is 37.3 Å². The Morgan fingerprint density at radius 1 is 1.03 bits per heavy atom. The minimum atomic E-state index is -3.64. The zero-order chi connectivity index (χ0) is 27.7. The topological polar surface area (TPSA) is 114 Å². The highest BCUT2D eigenvalue weighted by Gasteiger charge is 2.50. The molecular weight excluding hydrogens is 516 g/mol. The molecule has 0 saturated heterocycles. The number of sulfone groups is 1. The molecule has 4 rings (SSSR count). The van der Waals surface area contributed by atoms with Gasteiger partial charge in [-0.1, -0.05) is 48.5 Å². The van der Waals surface area contributed by atoms with Crippen LogP contribution in [0.15, 0.2) is 94.8 Å². The first kappa shape index (κ1) is 28.3. The van der Waals surface area contributed by atoms with Crippen LogP contribution >= 0.6 is 0 Å². The molecule has 1 aliphatic heterocycles. The van der Waals surface area contributed by atoms with E-state index in [0.717, 1.165) is 5.56 Å². The third-order valence-electron chi connectivity index (χ3n) is 6.72. The monoisotopic (exact) mass is 550 g/mol. The summed E-state index contributed by atoms with van der Waals surface area (Å²) in [5, 5.41) is 11.9. The maximum atomic E-state index is 13.7. The number of ether oxygens (including phenoxy) is 2.